The van der Waals surface area contributed by atoms with Crippen molar-refractivity contribution >= 4 is 16.9 Å². The lowest BCUT2D eigenvalue weighted by Crippen LogP contribution is -2.36. The maximum Gasteiger partial charge on any atom is 0.254 e. The lowest BCUT2D eigenvalue weighted by atomic mass is 10.1. The summed E-state index contributed by atoms with van der Waals surface area (Å²) in [5.74, 6) is 0.0348. The van der Waals surface area contributed by atoms with E-state index >= 15 is 0 Å². The zero-order valence-electron chi connectivity index (χ0n) is 15.3. The van der Waals surface area contributed by atoms with Gasteiger partial charge in [-0.1, -0.05) is 6.07 Å². The van der Waals surface area contributed by atoms with Crippen LogP contribution in [-0.2, 0) is 0 Å². The Hall–Kier alpha value is -2.82. The molecular formula is C21H22N4O. The van der Waals surface area contributed by atoms with Crippen LogP contribution in [-0.4, -0.2) is 31.8 Å². The largest absolute Gasteiger partial charge is 0.327 e. The van der Waals surface area contributed by atoms with Crippen molar-refractivity contribution in [1.29, 1.82) is 0 Å². The van der Waals surface area contributed by atoms with Gasteiger partial charge in [-0.15, -0.1) is 0 Å². The van der Waals surface area contributed by atoms with Gasteiger partial charge in [0.1, 0.15) is 0 Å². The molecule has 5 nitrogen and oxygen atoms in total. The van der Waals surface area contributed by atoms with Crippen molar-refractivity contribution in [3.63, 3.8) is 0 Å². The fraction of sp³-hybridized carbons (Fsp3) is 0.333. The van der Waals surface area contributed by atoms with Crippen molar-refractivity contribution in [3.8, 4) is 0 Å². The van der Waals surface area contributed by atoms with Gasteiger partial charge in [0.2, 0.25) is 0 Å². The van der Waals surface area contributed by atoms with Gasteiger partial charge < -0.3 is 4.90 Å². The van der Waals surface area contributed by atoms with E-state index in [1.165, 1.54) is 0 Å². The summed E-state index contributed by atoms with van der Waals surface area (Å²) in [6.07, 6.45) is 3.88. The molecule has 0 bridgehead atoms. The van der Waals surface area contributed by atoms with Gasteiger partial charge in [0.05, 0.1) is 34.2 Å². The molecule has 26 heavy (non-hydrogen) atoms. The van der Waals surface area contributed by atoms with E-state index in [2.05, 4.69) is 15.0 Å². The second-order valence-corrected chi connectivity index (χ2v) is 6.97. The zero-order valence-corrected chi connectivity index (χ0v) is 15.3. The van der Waals surface area contributed by atoms with Crippen LogP contribution in [0.15, 0.2) is 42.6 Å². The van der Waals surface area contributed by atoms with E-state index in [4.69, 9.17) is 0 Å². The summed E-state index contributed by atoms with van der Waals surface area (Å²) in [5, 5.41) is 0. The monoisotopic (exact) mass is 346 g/mol. The number of carbonyl (C=O) groups is 1. The maximum absolute atomic E-state index is 13.3. The van der Waals surface area contributed by atoms with Gasteiger partial charge in [0, 0.05) is 17.8 Å². The summed E-state index contributed by atoms with van der Waals surface area (Å²) in [4.78, 5) is 28.8. The second-order valence-electron chi connectivity index (χ2n) is 6.97. The molecule has 0 saturated heterocycles. The number of rotatable bonds is 4. The van der Waals surface area contributed by atoms with Crippen molar-refractivity contribution < 1.29 is 4.79 Å². The van der Waals surface area contributed by atoms with Crippen molar-refractivity contribution in [3.05, 3.63) is 65.2 Å². The molecule has 0 spiro atoms. The van der Waals surface area contributed by atoms with Gasteiger partial charge in [-0.3, -0.25) is 9.78 Å². The minimum Gasteiger partial charge on any atom is -0.327 e. The highest BCUT2D eigenvalue weighted by Gasteiger charge is 2.37. The van der Waals surface area contributed by atoms with Crippen molar-refractivity contribution in [2.45, 2.75) is 45.7 Å². The molecule has 0 N–H and O–H groups in total. The quantitative estimate of drug-likeness (QED) is 0.716. The molecule has 1 aliphatic carbocycles. The van der Waals surface area contributed by atoms with Crippen molar-refractivity contribution in [2.75, 3.05) is 0 Å². The number of fused-ring (bicyclic) bond motifs is 1. The van der Waals surface area contributed by atoms with Crippen LogP contribution in [0.1, 0.15) is 53.2 Å². The number of benzene rings is 1. The SMILES string of the molecule is Cc1nc2ccc(C(=O)N(C3CC3)[C@H](C)c3ccccn3)cc2nc1C. The first-order chi connectivity index (χ1) is 12.5. The molecule has 4 rings (SSSR count). The summed E-state index contributed by atoms with van der Waals surface area (Å²) in [6.45, 7) is 5.94. The fourth-order valence-corrected chi connectivity index (χ4v) is 3.29. The third-order valence-electron chi connectivity index (χ3n) is 5.03. The highest BCUT2D eigenvalue weighted by Crippen LogP contribution is 2.35. The Morgan fingerprint density at radius 3 is 2.46 bits per heavy atom. The van der Waals surface area contributed by atoms with E-state index in [1.54, 1.807) is 6.20 Å². The van der Waals surface area contributed by atoms with Gasteiger partial charge in [-0.2, -0.15) is 0 Å². The normalized spacial score (nSPS) is 15.0. The lowest BCUT2D eigenvalue weighted by molar-refractivity contribution is 0.0670. The van der Waals surface area contributed by atoms with Crippen LogP contribution in [0.25, 0.3) is 11.0 Å². The molecule has 0 unspecified atom stereocenters. The van der Waals surface area contributed by atoms with E-state index < -0.39 is 0 Å². The summed E-state index contributed by atoms with van der Waals surface area (Å²) in [7, 11) is 0. The number of pyridine rings is 1. The number of aryl methyl sites for hydroxylation is 2. The molecule has 2 heterocycles. The molecule has 2 aromatic heterocycles. The number of carbonyl (C=O) groups excluding carboxylic acids is 1. The molecule has 1 aliphatic rings. The number of nitrogens with zero attached hydrogens (tertiary/aromatic N) is 4. The molecule has 132 valence electrons. The van der Waals surface area contributed by atoms with Crippen LogP contribution in [0.5, 0.6) is 0 Å². The lowest BCUT2D eigenvalue weighted by Gasteiger charge is -2.29. The number of hydrogen-bond donors (Lipinski definition) is 0. The average molecular weight is 346 g/mol. The Kier molecular flexibility index (Phi) is 4.15. The molecule has 1 atom stereocenters. The zero-order chi connectivity index (χ0) is 18.3. The molecule has 3 aromatic rings. The predicted molar refractivity (Wildman–Crippen MR) is 101 cm³/mol. The van der Waals surface area contributed by atoms with Crippen molar-refractivity contribution in [2.24, 2.45) is 0 Å². The first kappa shape index (κ1) is 16.6. The smallest absolute Gasteiger partial charge is 0.254 e. The van der Waals surface area contributed by atoms with E-state index in [1.807, 2.05) is 62.1 Å². The maximum atomic E-state index is 13.3. The third kappa shape index (κ3) is 3.05. The fourth-order valence-electron chi connectivity index (χ4n) is 3.29. The van der Waals surface area contributed by atoms with E-state index in [9.17, 15) is 4.79 Å². The van der Waals surface area contributed by atoms with Crippen LogP contribution >= 0.6 is 0 Å². The summed E-state index contributed by atoms with van der Waals surface area (Å²) >= 11 is 0. The van der Waals surface area contributed by atoms with E-state index in [0.29, 0.717) is 11.6 Å². The molecule has 1 saturated carbocycles. The van der Waals surface area contributed by atoms with Crippen molar-refractivity contribution in [1.82, 2.24) is 19.9 Å². The Balaban J connectivity index is 1.70. The number of aromatic nitrogens is 3. The number of hydrogen-bond acceptors (Lipinski definition) is 4. The molecule has 1 amide bonds. The van der Waals surface area contributed by atoms with Crippen LogP contribution < -0.4 is 0 Å². The molecule has 1 fully saturated rings. The van der Waals surface area contributed by atoms with Crippen LogP contribution in [0.4, 0.5) is 0 Å². The summed E-state index contributed by atoms with van der Waals surface area (Å²) in [6, 6.07) is 11.7. The summed E-state index contributed by atoms with van der Waals surface area (Å²) in [5.41, 5.74) is 4.97. The highest BCUT2D eigenvalue weighted by atomic mass is 16.2. The summed E-state index contributed by atoms with van der Waals surface area (Å²) < 4.78 is 0. The minimum atomic E-state index is -0.0577. The van der Waals surface area contributed by atoms with Gasteiger partial charge in [-0.25, -0.2) is 9.97 Å². The second kappa shape index (κ2) is 6.48. The molecule has 1 aromatic carbocycles. The molecule has 0 radical (unpaired) electrons. The van der Waals surface area contributed by atoms with Gasteiger partial charge in [0.15, 0.2) is 0 Å². The first-order valence-electron chi connectivity index (χ1n) is 9.03. The molecule has 5 heteroatoms. The Bertz CT molecular complexity index is 966. The van der Waals surface area contributed by atoms with Crippen LogP contribution in [0.2, 0.25) is 0 Å². The Morgan fingerprint density at radius 2 is 1.81 bits per heavy atom. The first-order valence-corrected chi connectivity index (χ1v) is 9.03. The van der Waals surface area contributed by atoms with Gasteiger partial charge in [0.25, 0.3) is 5.91 Å². The van der Waals surface area contributed by atoms with E-state index in [0.717, 1.165) is 41.0 Å². The molecule has 0 aliphatic heterocycles. The third-order valence-corrected chi connectivity index (χ3v) is 5.03. The van der Waals surface area contributed by atoms with Gasteiger partial charge >= 0.3 is 0 Å². The average Bonchev–Trinajstić information content (AvgIpc) is 3.48. The topological polar surface area (TPSA) is 59.0 Å². The highest BCUT2D eigenvalue weighted by molar-refractivity contribution is 5.97. The Morgan fingerprint density at radius 1 is 1.08 bits per heavy atom. The number of amides is 1. The van der Waals surface area contributed by atoms with Crippen LogP contribution in [0, 0.1) is 13.8 Å². The Labute approximate surface area is 153 Å². The van der Waals surface area contributed by atoms with Crippen LogP contribution in [0.3, 0.4) is 0 Å². The standard InChI is InChI=1S/C21H22N4O/c1-13-14(2)24-20-12-16(7-10-19(20)23-13)21(26)25(17-8-9-17)15(3)18-6-4-5-11-22-18/h4-7,10-12,15,17H,8-9H2,1-3H3/t15-/m1/s1. The molecular weight excluding hydrogens is 324 g/mol. The predicted octanol–water partition coefficient (Wildman–Crippen LogP) is 4.01. The minimum absolute atomic E-state index is 0.0348. The van der Waals surface area contributed by atoms with E-state index in [-0.39, 0.29) is 11.9 Å². The van der Waals surface area contributed by atoms with Gasteiger partial charge in [-0.05, 0) is 63.9 Å².